The fourth-order valence-corrected chi connectivity index (χ4v) is 4.85. The Bertz CT molecular complexity index is 461. The molecule has 0 aliphatic carbocycles. The molecule has 2 saturated heterocycles. The fraction of sp³-hybridized carbons (Fsp3) is 0.929. The molecule has 0 spiro atoms. The van der Waals surface area contributed by atoms with Crippen molar-refractivity contribution in [2.24, 2.45) is 5.92 Å². The van der Waals surface area contributed by atoms with Crippen molar-refractivity contribution >= 4 is 15.9 Å². The third-order valence-corrected chi connectivity index (χ3v) is 6.34. The zero-order valence-corrected chi connectivity index (χ0v) is 14.2. The number of nitrogens with one attached hydrogen (secondary N) is 2. The van der Waals surface area contributed by atoms with E-state index in [0.717, 1.165) is 39.3 Å². The molecule has 2 aliphatic heterocycles. The first kappa shape index (κ1) is 17.5. The summed E-state index contributed by atoms with van der Waals surface area (Å²) in [5.74, 6) is 0.525. The summed E-state index contributed by atoms with van der Waals surface area (Å²) in [6, 6.07) is -0.198. The first-order chi connectivity index (χ1) is 10.5. The largest absolute Gasteiger partial charge is 0.338 e. The van der Waals surface area contributed by atoms with Gasteiger partial charge in [0.15, 0.2) is 9.84 Å². The van der Waals surface area contributed by atoms with Crippen LogP contribution in [0.5, 0.6) is 0 Å². The second kappa shape index (κ2) is 8.12. The van der Waals surface area contributed by atoms with Gasteiger partial charge in [-0.25, -0.2) is 13.2 Å². The van der Waals surface area contributed by atoms with Crippen LogP contribution in [0.2, 0.25) is 0 Å². The smallest absolute Gasteiger partial charge is 0.314 e. The lowest BCUT2D eigenvalue weighted by molar-refractivity contribution is 0.138. The Balaban J connectivity index is 1.53. The highest BCUT2D eigenvalue weighted by molar-refractivity contribution is 7.91. The second-order valence-electron chi connectivity index (χ2n) is 6.18. The Morgan fingerprint density at radius 2 is 1.82 bits per heavy atom. The molecule has 2 aliphatic rings. The first-order valence-electron chi connectivity index (χ1n) is 8.15. The van der Waals surface area contributed by atoms with Gasteiger partial charge in [-0.3, -0.25) is 4.90 Å². The van der Waals surface area contributed by atoms with Crippen molar-refractivity contribution < 1.29 is 13.2 Å². The molecule has 2 heterocycles. The second-order valence-corrected chi connectivity index (χ2v) is 8.41. The molecule has 0 saturated carbocycles. The van der Waals surface area contributed by atoms with E-state index in [1.807, 2.05) is 0 Å². The number of amides is 2. The Morgan fingerprint density at radius 3 is 2.41 bits per heavy atom. The summed E-state index contributed by atoms with van der Waals surface area (Å²) in [7, 11) is -2.86. The van der Waals surface area contributed by atoms with Crippen LogP contribution in [0.4, 0.5) is 4.79 Å². The van der Waals surface area contributed by atoms with Gasteiger partial charge in [-0.05, 0) is 18.9 Å². The van der Waals surface area contributed by atoms with Crippen LogP contribution < -0.4 is 10.6 Å². The number of hydrogen-bond donors (Lipinski definition) is 2. The number of rotatable bonds is 6. The van der Waals surface area contributed by atoms with E-state index in [9.17, 15) is 13.2 Å². The summed E-state index contributed by atoms with van der Waals surface area (Å²) >= 11 is 0. The molecule has 0 bridgehead atoms. The molecule has 0 aromatic heterocycles. The monoisotopic (exact) mass is 332 g/mol. The molecule has 0 aromatic rings. The fourth-order valence-electron chi connectivity index (χ4n) is 2.99. The number of urea groups is 1. The molecule has 1 atom stereocenters. The molecule has 1 unspecified atom stereocenters. The molecule has 2 N–H and O–H groups in total. The van der Waals surface area contributed by atoms with Gasteiger partial charge in [0.1, 0.15) is 0 Å². The number of nitrogens with zero attached hydrogens (tertiary/aromatic N) is 2. The van der Waals surface area contributed by atoms with Gasteiger partial charge >= 0.3 is 6.03 Å². The molecule has 128 valence electrons. The van der Waals surface area contributed by atoms with E-state index >= 15 is 0 Å². The molecular formula is C14H28N4O3S. The predicted octanol–water partition coefficient (Wildman–Crippen LogP) is -0.642. The van der Waals surface area contributed by atoms with Crippen molar-refractivity contribution in [3.8, 4) is 0 Å². The molecule has 0 radical (unpaired) electrons. The standard InChI is InChI=1S/C14H28N4O3S/c1-2-17-6-8-18(9-7-17)5-4-15-14(19)16-11-13-3-10-22(20,21)12-13/h13H,2-12H2,1H3,(H2,15,16,19). The average Bonchev–Trinajstić information content (AvgIpc) is 2.85. The Hall–Kier alpha value is -0.860. The highest BCUT2D eigenvalue weighted by Gasteiger charge is 2.27. The minimum atomic E-state index is -2.86. The molecule has 2 rings (SSSR count). The number of carbonyl (C=O) groups excluding carboxylic acids is 1. The van der Waals surface area contributed by atoms with Crippen LogP contribution in [0.1, 0.15) is 13.3 Å². The van der Waals surface area contributed by atoms with Gasteiger partial charge < -0.3 is 15.5 Å². The molecule has 2 fully saturated rings. The van der Waals surface area contributed by atoms with Crippen LogP contribution >= 0.6 is 0 Å². The van der Waals surface area contributed by atoms with Crippen LogP contribution in [0.15, 0.2) is 0 Å². The predicted molar refractivity (Wildman–Crippen MR) is 86.7 cm³/mol. The lowest BCUT2D eigenvalue weighted by Gasteiger charge is -2.33. The Labute approximate surface area is 133 Å². The summed E-state index contributed by atoms with van der Waals surface area (Å²) < 4.78 is 22.7. The maximum absolute atomic E-state index is 11.7. The molecule has 0 aromatic carbocycles. The van der Waals surface area contributed by atoms with Crippen molar-refractivity contribution in [3.05, 3.63) is 0 Å². The molecule has 22 heavy (non-hydrogen) atoms. The van der Waals surface area contributed by atoms with E-state index in [0.29, 0.717) is 19.5 Å². The molecule has 8 heteroatoms. The number of sulfone groups is 1. The van der Waals surface area contributed by atoms with E-state index in [4.69, 9.17) is 0 Å². The highest BCUT2D eigenvalue weighted by Crippen LogP contribution is 2.17. The minimum absolute atomic E-state index is 0.0675. The van der Waals surface area contributed by atoms with E-state index < -0.39 is 9.84 Å². The van der Waals surface area contributed by atoms with Crippen molar-refractivity contribution in [1.82, 2.24) is 20.4 Å². The number of piperazine rings is 1. The summed E-state index contributed by atoms with van der Waals surface area (Å²) in [5, 5.41) is 5.62. The third-order valence-electron chi connectivity index (χ3n) is 4.50. The zero-order chi connectivity index (χ0) is 16.0. The summed E-state index contributed by atoms with van der Waals surface area (Å²) in [5.41, 5.74) is 0. The summed E-state index contributed by atoms with van der Waals surface area (Å²) in [6.07, 6.45) is 0.657. The van der Waals surface area contributed by atoms with Gasteiger partial charge in [-0.2, -0.15) is 0 Å². The van der Waals surface area contributed by atoms with Crippen LogP contribution in [-0.2, 0) is 9.84 Å². The quantitative estimate of drug-likeness (QED) is 0.676. The Kier molecular flexibility index (Phi) is 6.46. The van der Waals surface area contributed by atoms with Crippen molar-refractivity contribution in [2.45, 2.75) is 13.3 Å². The van der Waals surface area contributed by atoms with Gasteiger partial charge in [0.2, 0.25) is 0 Å². The van der Waals surface area contributed by atoms with E-state index in [1.165, 1.54) is 0 Å². The highest BCUT2D eigenvalue weighted by atomic mass is 32.2. The molecular weight excluding hydrogens is 304 g/mol. The lowest BCUT2D eigenvalue weighted by atomic mass is 10.1. The number of hydrogen-bond acceptors (Lipinski definition) is 5. The SMILES string of the molecule is CCN1CCN(CCNC(=O)NCC2CCS(=O)(=O)C2)CC1. The normalized spacial score (nSPS) is 26.0. The van der Waals surface area contributed by atoms with Crippen LogP contribution in [0.3, 0.4) is 0 Å². The first-order valence-corrected chi connectivity index (χ1v) is 9.97. The summed E-state index contributed by atoms with van der Waals surface area (Å²) in [6.45, 7) is 9.51. The lowest BCUT2D eigenvalue weighted by Crippen LogP contribution is -2.49. The number of carbonyl (C=O) groups is 1. The average molecular weight is 332 g/mol. The van der Waals surface area contributed by atoms with E-state index in [1.54, 1.807) is 0 Å². The zero-order valence-electron chi connectivity index (χ0n) is 13.4. The van der Waals surface area contributed by atoms with Crippen LogP contribution in [0, 0.1) is 5.92 Å². The van der Waals surface area contributed by atoms with E-state index in [-0.39, 0.29) is 23.5 Å². The van der Waals surface area contributed by atoms with Gasteiger partial charge in [0.25, 0.3) is 0 Å². The van der Waals surface area contributed by atoms with Crippen molar-refractivity contribution in [1.29, 1.82) is 0 Å². The minimum Gasteiger partial charge on any atom is -0.338 e. The topological polar surface area (TPSA) is 81.8 Å². The van der Waals surface area contributed by atoms with Gasteiger partial charge in [-0.1, -0.05) is 6.92 Å². The van der Waals surface area contributed by atoms with Crippen molar-refractivity contribution in [2.75, 3.05) is 63.9 Å². The van der Waals surface area contributed by atoms with Crippen molar-refractivity contribution in [3.63, 3.8) is 0 Å². The molecule has 7 nitrogen and oxygen atoms in total. The Morgan fingerprint density at radius 1 is 1.14 bits per heavy atom. The maximum Gasteiger partial charge on any atom is 0.314 e. The maximum atomic E-state index is 11.7. The van der Waals surface area contributed by atoms with Crippen LogP contribution in [0.25, 0.3) is 0 Å². The van der Waals surface area contributed by atoms with Gasteiger partial charge in [-0.15, -0.1) is 0 Å². The van der Waals surface area contributed by atoms with Crippen LogP contribution in [-0.4, -0.2) is 88.1 Å². The van der Waals surface area contributed by atoms with E-state index in [2.05, 4.69) is 27.4 Å². The summed E-state index contributed by atoms with van der Waals surface area (Å²) in [4.78, 5) is 16.5. The van der Waals surface area contributed by atoms with Gasteiger partial charge in [0.05, 0.1) is 11.5 Å². The number of likely N-dealkylation sites (N-methyl/N-ethyl adjacent to an activating group) is 1. The van der Waals surface area contributed by atoms with Gasteiger partial charge in [0, 0.05) is 45.8 Å². The molecule has 2 amide bonds. The third kappa shape index (κ3) is 5.73.